The second kappa shape index (κ2) is 5.57. The van der Waals surface area contributed by atoms with Crippen molar-refractivity contribution < 1.29 is 4.39 Å². The first kappa shape index (κ1) is 14.6. The second-order valence-corrected chi connectivity index (χ2v) is 6.69. The molecule has 0 bridgehead atoms. The third kappa shape index (κ3) is 2.93. The van der Waals surface area contributed by atoms with Gasteiger partial charge in [0.2, 0.25) is 0 Å². The minimum absolute atomic E-state index is 0.00307. The Balaban J connectivity index is 1.54. The van der Waals surface area contributed by atoms with Crippen molar-refractivity contribution in [2.75, 3.05) is 6.54 Å². The fraction of sp³-hybridized carbons (Fsp3) is 0.444. The van der Waals surface area contributed by atoms with Crippen molar-refractivity contribution in [1.82, 2.24) is 14.9 Å². The molecule has 0 radical (unpaired) electrons. The van der Waals surface area contributed by atoms with Gasteiger partial charge in [-0.05, 0) is 37.0 Å². The summed E-state index contributed by atoms with van der Waals surface area (Å²) in [4.78, 5) is 22.1. The van der Waals surface area contributed by atoms with Crippen molar-refractivity contribution in [3.8, 4) is 0 Å². The molecular formula is C18H20FN3O. The Kier molecular flexibility index (Phi) is 3.53. The summed E-state index contributed by atoms with van der Waals surface area (Å²) < 4.78 is 13.7. The van der Waals surface area contributed by atoms with E-state index < -0.39 is 0 Å². The number of fused-ring (bicyclic) bond motifs is 1. The zero-order valence-electron chi connectivity index (χ0n) is 13.2. The van der Waals surface area contributed by atoms with Crippen LogP contribution in [0, 0.1) is 12.7 Å². The minimum atomic E-state index is -0.173. The number of aromatic nitrogens is 2. The lowest BCUT2D eigenvalue weighted by molar-refractivity contribution is 0.241. The number of hydrogen-bond acceptors (Lipinski definition) is 3. The Hall–Kier alpha value is -2.01. The molecule has 2 aliphatic rings. The zero-order valence-corrected chi connectivity index (χ0v) is 13.2. The van der Waals surface area contributed by atoms with Gasteiger partial charge in [0.15, 0.2) is 0 Å². The molecule has 23 heavy (non-hydrogen) atoms. The first-order chi connectivity index (χ1) is 11.1. The number of H-pyrrole nitrogens is 1. The van der Waals surface area contributed by atoms with Gasteiger partial charge in [-0.25, -0.2) is 9.37 Å². The number of nitrogens with one attached hydrogen (secondary N) is 1. The van der Waals surface area contributed by atoms with E-state index in [0.29, 0.717) is 24.6 Å². The first-order valence-electron chi connectivity index (χ1n) is 8.19. The summed E-state index contributed by atoms with van der Waals surface area (Å²) in [7, 11) is 0. The molecule has 1 aromatic heterocycles. The topological polar surface area (TPSA) is 49.0 Å². The molecule has 2 aromatic rings. The third-order valence-corrected chi connectivity index (χ3v) is 4.77. The van der Waals surface area contributed by atoms with Crippen LogP contribution in [0.2, 0.25) is 0 Å². The molecule has 120 valence electrons. The lowest BCUT2D eigenvalue weighted by atomic mass is 10.1. The van der Waals surface area contributed by atoms with Gasteiger partial charge in [0, 0.05) is 32.0 Å². The Labute approximate surface area is 134 Å². The third-order valence-electron chi connectivity index (χ3n) is 4.77. The average molecular weight is 313 g/mol. The predicted octanol–water partition coefficient (Wildman–Crippen LogP) is 2.65. The van der Waals surface area contributed by atoms with Crippen LogP contribution in [-0.4, -0.2) is 21.4 Å². The molecule has 4 rings (SSSR count). The number of benzene rings is 1. The van der Waals surface area contributed by atoms with E-state index in [1.54, 1.807) is 19.1 Å². The number of aromatic amines is 1. The molecule has 2 heterocycles. The average Bonchev–Trinajstić information content (AvgIpc) is 3.36. The maximum atomic E-state index is 13.7. The number of halogens is 1. The number of nitrogens with zero attached hydrogens (tertiary/aromatic N) is 2. The molecule has 4 nitrogen and oxygen atoms in total. The van der Waals surface area contributed by atoms with Crippen LogP contribution in [0.1, 0.15) is 47.0 Å². The summed E-state index contributed by atoms with van der Waals surface area (Å²) in [5.74, 6) is 1.15. The molecule has 0 spiro atoms. The quantitative estimate of drug-likeness (QED) is 0.948. The van der Waals surface area contributed by atoms with Gasteiger partial charge < -0.3 is 4.98 Å². The lowest BCUT2D eigenvalue weighted by Crippen LogP contribution is -2.35. The van der Waals surface area contributed by atoms with Crippen LogP contribution in [0.4, 0.5) is 4.39 Å². The van der Waals surface area contributed by atoms with Gasteiger partial charge in [-0.1, -0.05) is 12.1 Å². The van der Waals surface area contributed by atoms with Gasteiger partial charge in [0.25, 0.3) is 5.56 Å². The van der Waals surface area contributed by atoms with E-state index in [9.17, 15) is 9.18 Å². The lowest BCUT2D eigenvalue weighted by Gasteiger charge is -2.27. The van der Waals surface area contributed by atoms with Crippen LogP contribution >= 0.6 is 0 Å². The van der Waals surface area contributed by atoms with Crippen molar-refractivity contribution in [3.63, 3.8) is 0 Å². The smallest absolute Gasteiger partial charge is 0.255 e. The zero-order chi connectivity index (χ0) is 16.0. The summed E-state index contributed by atoms with van der Waals surface area (Å²) in [6, 6.07) is 5.34. The number of rotatable bonds is 3. The Bertz CT molecular complexity index is 810. The largest absolute Gasteiger partial charge is 0.310 e. The monoisotopic (exact) mass is 313 g/mol. The number of hydrogen-bond donors (Lipinski definition) is 1. The highest BCUT2D eigenvalue weighted by Crippen LogP contribution is 2.37. The van der Waals surface area contributed by atoms with Crippen molar-refractivity contribution in [2.24, 2.45) is 0 Å². The van der Waals surface area contributed by atoms with E-state index in [1.807, 2.05) is 6.07 Å². The molecule has 1 fully saturated rings. The molecule has 1 N–H and O–H groups in total. The predicted molar refractivity (Wildman–Crippen MR) is 85.8 cm³/mol. The summed E-state index contributed by atoms with van der Waals surface area (Å²) >= 11 is 0. The van der Waals surface area contributed by atoms with E-state index in [4.69, 9.17) is 0 Å². The van der Waals surface area contributed by atoms with E-state index in [2.05, 4.69) is 14.9 Å². The normalized spacial score (nSPS) is 18.0. The van der Waals surface area contributed by atoms with Crippen LogP contribution in [0.15, 0.2) is 23.0 Å². The summed E-state index contributed by atoms with van der Waals surface area (Å²) in [5, 5.41) is 0. The minimum Gasteiger partial charge on any atom is -0.310 e. The number of aryl methyl sites for hydroxylation is 1. The maximum absolute atomic E-state index is 13.7. The molecule has 1 saturated carbocycles. The maximum Gasteiger partial charge on any atom is 0.255 e. The summed E-state index contributed by atoms with van der Waals surface area (Å²) in [6.07, 6.45) is 3.05. The highest BCUT2D eigenvalue weighted by atomic mass is 19.1. The van der Waals surface area contributed by atoms with Gasteiger partial charge >= 0.3 is 0 Å². The molecule has 0 atom stereocenters. The van der Waals surface area contributed by atoms with Crippen molar-refractivity contribution in [1.29, 1.82) is 0 Å². The Morgan fingerprint density at radius 2 is 2.22 bits per heavy atom. The molecule has 1 aliphatic heterocycles. The summed E-state index contributed by atoms with van der Waals surface area (Å²) in [5.41, 5.74) is 3.31. The van der Waals surface area contributed by atoms with Gasteiger partial charge in [0.1, 0.15) is 11.6 Å². The second-order valence-electron chi connectivity index (χ2n) is 6.69. The van der Waals surface area contributed by atoms with Crippen LogP contribution < -0.4 is 5.56 Å². The van der Waals surface area contributed by atoms with E-state index in [1.165, 1.54) is 0 Å². The van der Waals surface area contributed by atoms with Gasteiger partial charge in [-0.3, -0.25) is 9.69 Å². The molecule has 0 amide bonds. The van der Waals surface area contributed by atoms with Crippen LogP contribution in [0.25, 0.3) is 0 Å². The molecule has 1 aliphatic carbocycles. The standard InChI is InChI=1S/C18H20FN3O/c1-11-2-3-12(8-15(11)19)9-22-7-6-16-14(10-22)18(23)21-17(20-16)13-4-5-13/h2-3,8,13H,4-7,9-10H2,1H3,(H,20,21,23). The highest BCUT2D eigenvalue weighted by Gasteiger charge is 2.29. The molecule has 1 aromatic carbocycles. The van der Waals surface area contributed by atoms with E-state index in [-0.39, 0.29) is 11.4 Å². The summed E-state index contributed by atoms with van der Waals surface area (Å²) in [6.45, 7) is 3.85. The SMILES string of the molecule is Cc1ccc(CN2CCc3nc(C4CC4)[nH]c(=O)c3C2)cc1F. The highest BCUT2D eigenvalue weighted by molar-refractivity contribution is 5.25. The van der Waals surface area contributed by atoms with Gasteiger partial charge in [-0.2, -0.15) is 0 Å². The fourth-order valence-electron chi connectivity index (χ4n) is 3.18. The molecule has 0 unspecified atom stereocenters. The van der Waals surface area contributed by atoms with Crippen molar-refractivity contribution in [2.45, 2.75) is 45.2 Å². The fourth-order valence-corrected chi connectivity index (χ4v) is 3.18. The van der Waals surface area contributed by atoms with Gasteiger partial charge in [-0.15, -0.1) is 0 Å². The van der Waals surface area contributed by atoms with Crippen LogP contribution in [0.3, 0.4) is 0 Å². The van der Waals surface area contributed by atoms with Crippen LogP contribution in [-0.2, 0) is 19.5 Å². The van der Waals surface area contributed by atoms with Gasteiger partial charge in [0.05, 0.1) is 11.3 Å². The molecular weight excluding hydrogens is 293 g/mol. The van der Waals surface area contributed by atoms with Crippen molar-refractivity contribution >= 4 is 0 Å². The molecule has 5 heteroatoms. The van der Waals surface area contributed by atoms with E-state index in [0.717, 1.165) is 48.5 Å². The molecule has 0 saturated heterocycles. The Morgan fingerprint density at radius 1 is 1.39 bits per heavy atom. The van der Waals surface area contributed by atoms with Crippen molar-refractivity contribution in [3.05, 3.63) is 62.6 Å². The van der Waals surface area contributed by atoms with E-state index >= 15 is 0 Å². The first-order valence-corrected chi connectivity index (χ1v) is 8.19. The Morgan fingerprint density at radius 3 is 2.96 bits per heavy atom. The van der Waals surface area contributed by atoms with Crippen LogP contribution in [0.5, 0.6) is 0 Å².